The fourth-order valence-electron chi connectivity index (χ4n) is 0.342. The maximum atomic E-state index is 9.76. The summed E-state index contributed by atoms with van der Waals surface area (Å²) in [7, 11) is 1.41. The van der Waals surface area contributed by atoms with Crippen LogP contribution >= 0.6 is 0 Å². The van der Waals surface area contributed by atoms with Crippen LogP contribution < -0.4 is 51.4 Å². The zero-order chi connectivity index (χ0) is 6.41. The van der Waals surface area contributed by atoms with Crippen molar-refractivity contribution in [3.8, 4) is 0 Å². The maximum Gasteiger partial charge on any atom is 1.00 e. The van der Waals surface area contributed by atoms with Gasteiger partial charge in [-0.15, -0.1) is 0 Å². The minimum absolute atomic E-state index is 0. The molecule has 0 amide bonds. The second-order valence-corrected chi connectivity index (χ2v) is 1.35. The van der Waals surface area contributed by atoms with Gasteiger partial charge in [0.1, 0.15) is 0 Å². The average Bonchev–Trinajstić information content (AvgIpc) is 1.83. The third-order valence-corrected chi connectivity index (χ3v) is 0.807. The topological polar surface area (TPSA) is 76.5 Å². The Balaban J connectivity index is -0.000000245. The Kier molecular flexibility index (Phi) is 22.2. The Bertz CT molecular complexity index is 68.7. The second kappa shape index (κ2) is 12.8. The standard InChI is InChI=1S/C5H9O3.K.H2O/c1-8-5(4-7)2-3-6;;/h5-6H,2-3H2,1H3;;1H2/q-1;+1;/p-1/t5-;;/m1../s1. The van der Waals surface area contributed by atoms with Crippen LogP contribution in [0.1, 0.15) is 6.42 Å². The summed E-state index contributed by atoms with van der Waals surface area (Å²) >= 11 is 0. The van der Waals surface area contributed by atoms with E-state index in [1.54, 1.807) is 6.29 Å². The number of ether oxygens (including phenoxy) is 1. The first-order valence-electron chi connectivity index (χ1n) is 2.36. The zero-order valence-corrected chi connectivity index (χ0v) is 9.33. The molecule has 0 aliphatic heterocycles. The number of methoxy groups -OCH3 is 1. The summed E-state index contributed by atoms with van der Waals surface area (Å²) in [4.78, 5) is 9.76. The van der Waals surface area contributed by atoms with Gasteiger partial charge >= 0.3 is 51.4 Å². The van der Waals surface area contributed by atoms with Crippen LogP contribution in [-0.2, 0) is 9.53 Å². The number of hydrogen-bond acceptors (Lipinski definition) is 4. The van der Waals surface area contributed by atoms with Crippen LogP contribution in [0.25, 0.3) is 0 Å². The first-order chi connectivity index (χ1) is 3.85. The van der Waals surface area contributed by atoms with Crippen LogP contribution in [0.5, 0.6) is 0 Å². The van der Waals surface area contributed by atoms with E-state index in [9.17, 15) is 4.79 Å². The predicted molar refractivity (Wildman–Crippen MR) is 30.1 cm³/mol. The van der Waals surface area contributed by atoms with E-state index in [1.165, 1.54) is 7.11 Å². The molecule has 0 aliphatic rings. The Morgan fingerprint density at radius 3 is 2.30 bits per heavy atom. The van der Waals surface area contributed by atoms with E-state index < -0.39 is 6.10 Å². The van der Waals surface area contributed by atoms with E-state index >= 15 is 0 Å². The summed E-state index contributed by atoms with van der Waals surface area (Å²) in [6.07, 6.45) is 1.40. The molecule has 56 valence electrons. The van der Waals surface area contributed by atoms with Crippen LogP contribution in [0, 0.1) is 0 Å². The van der Waals surface area contributed by atoms with Crippen molar-refractivity contribution in [1.29, 1.82) is 0 Å². The molecule has 10 heavy (non-hydrogen) atoms. The number of aliphatic hydroxyl groups excluding tert-OH is 1. The summed E-state index contributed by atoms with van der Waals surface area (Å²) in [6.45, 7) is -0.0340. The molecular formula is C5H10KO4-. The summed E-state index contributed by atoms with van der Waals surface area (Å²) in [5.41, 5.74) is 0. The molecule has 0 rings (SSSR count). The zero-order valence-electron chi connectivity index (χ0n) is 6.20. The fraction of sp³-hybridized carbons (Fsp3) is 0.800. The van der Waals surface area contributed by atoms with Crippen molar-refractivity contribution in [2.45, 2.75) is 12.5 Å². The summed E-state index contributed by atoms with van der Waals surface area (Å²) < 4.78 is 4.56. The largest absolute Gasteiger partial charge is 1.00 e. The smallest absolute Gasteiger partial charge is 0.870 e. The van der Waals surface area contributed by atoms with E-state index in [1.807, 2.05) is 0 Å². The van der Waals surface area contributed by atoms with E-state index in [-0.39, 0.29) is 63.5 Å². The summed E-state index contributed by atoms with van der Waals surface area (Å²) in [5, 5.41) is 8.24. The molecule has 0 bridgehead atoms. The van der Waals surface area contributed by atoms with Crippen LogP contribution in [0.2, 0.25) is 0 Å². The Morgan fingerprint density at radius 2 is 2.20 bits per heavy atom. The Labute approximate surface area is 103 Å². The van der Waals surface area contributed by atoms with Gasteiger partial charge in [-0.2, -0.15) is 0 Å². The molecule has 0 unspecified atom stereocenters. The van der Waals surface area contributed by atoms with Gasteiger partial charge in [0.05, 0.1) is 0 Å². The van der Waals surface area contributed by atoms with Gasteiger partial charge in [-0.05, 0) is 12.5 Å². The van der Waals surface area contributed by atoms with Crippen molar-refractivity contribution < 1.29 is 71.5 Å². The molecule has 0 saturated heterocycles. The molecule has 0 heterocycles. The number of hydrogen-bond donors (Lipinski definition) is 1. The van der Waals surface area contributed by atoms with Crippen LogP contribution in [0.4, 0.5) is 0 Å². The molecule has 0 saturated carbocycles. The molecule has 4 nitrogen and oxygen atoms in total. The maximum absolute atomic E-state index is 9.76. The number of rotatable bonds is 4. The molecule has 1 atom stereocenters. The van der Waals surface area contributed by atoms with Gasteiger partial charge in [0.25, 0.3) is 0 Å². The minimum Gasteiger partial charge on any atom is -0.870 e. The van der Waals surface area contributed by atoms with Crippen molar-refractivity contribution in [3.63, 3.8) is 0 Å². The normalized spacial score (nSPS) is 10.6. The van der Waals surface area contributed by atoms with Crippen molar-refractivity contribution in [2.24, 2.45) is 0 Å². The third-order valence-electron chi connectivity index (χ3n) is 0.807. The molecule has 0 aliphatic carbocycles. The van der Waals surface area contributed by atoms with Crippen LogP contribution in [0.3, 0.4) is 0 Å². The first kappa shape index (κ1) is 17.3. The summed E-state index contributed by atoms with van der Waals surface area (Å²) in [5.74, 6) is 0. The van der Waals surface area contributed by atoms with Crippen LogP contribution in [-0.4, -0.2) is 36.7 Å². The molecule has 0 aromatic rings. The number of carbonyl (C=O) groups excluding carboxylic acids is 1. The van der Waals surface area contributed by atoms with E-state index in [0.717, 1.165) is 0 Å². The van der Waals surface area contributed by atoms with E-state index in [2.05, 4.69) is 4.74 Å². The molecule has 0 fully saturated rings. The third kappa shape index (κ3) is 9.19. The van der Waals surface area contributed by atoms with Gasteiger partial charge < -0.3 is 20.1 Å². The predicted octanol–water partition coefficient (Wildman–Crippen LogP) is -3.68. The van der Waals surface area contributed by atoms with Crippen molar-refractivity contribution in [1.82, 2.24) is 0 Å². The monoisotopic (exact) mass is 173 g/mol. The molecule has 0 spiro atoms. The SMILES string of the molecule is CO[C@@H]([C-]=O)CCO.[K+].[OH-]. The second-order valence-electron chi connectivity index (χ2n) is 1.35. The van der Waals surface area contributed by atoms with Crippen molar-refractivity contribution >= 4 is 6.29 Å². The van der Waals surface area contributed by atoms with Gasteiger partial charge in [0.2, 0.25) is 0 Å². The first-order valence-corrected chi connectivity index (χ1v) is 2.36. The van der Waals surface area contributed by atoms with Gasteiger partial charge in [-0.3, -0.25) is 0 Å². The van der Waals surface area contributed by atoms with E-state index in [4.69, 9.17) is 5.11 Å². The Morgan fingerprint density at radius 1 is 1.70 bits per heavy atom. The molecule has 0 radical (unpaired) electrons. The van der Waals surface area contributed by atoms with Gasteiger partial charge in [-0.1, -0.05) is 0 Å². The fourth-order valence-corrected chi connectivity index (χ4v) is 0.342. The molecule has 2 N–H and O–H groups in total. The van der Waals surface area contributed by atoms with Crippen molar-refractivity contribution in [2.75, 3.05) is 13.7 Å². The quantitative estimate of drug-likeness (QED) is 0.351. The molecule has 0 aromatic carbocycles. The van der Waals surface area contributed by atoms with Gasteiger partial charge in [0.15, 0.2) is 0 Å². The van der Waals surface area contributed by atoms with Crippen LogP contribution in [0.15, 0.2) is 0 Å². The molecular weight excluding hydrogens is 163 g/mol. The number of aliphatic hydroxyl groups is 1. The Hall–Kier alpha value is 1.19. The average molecular weight is 173 g/mol. The minimum atomic E-state index is -0.556. The summed E-state index contributed by atoms with van der Waals surface area (Å²) in [6, 6.07) is 0. The molecule has 5 heteroatoms. The van der Waals surface area contributed by atoms with Gasteiger partial charge in [-0.25, -0.2) is 6.29 Å². The molecule has 0 aromatic heterocycles. The van der Waals surface area contributed by atoms with Gasteiger partial charge in [0, 0.05) is 13.7 Å². The van der Waals surface area contributed by atoms with E-state index in [0.29, 0.717) is 6.42 Å². The van der Waals surface area contributed by atoms with Crippen molar-refractivity contribution in [3.05, 3.63) is 0 Å².